The van der Waals surface area contributed by atoms with Gasteiger partial charge in [0.05, 0.1) is 16.5 Å². The van der Waals surface area contributed by atoms with E-state index in [0.717, 1.165) is 100 Å². The number of fused-ring (bicyclic) bond motifs is 6. The summed E-state index contributed by atoms with van der Waals surface area (Å²) in [4.78, 5) is 7.14. The number of aromatic nitrogens is 2. The minimum absolute atomic E-state index is 0. The Labute approximate surface area is 404 Å². The molecule has 0 bridgehead atoms. The smallest absolute Gasteiger partial charge is 0.358 e. The predicted octanol–water partition coefficient (Wildman–Crippen LogP) is 15.5. The molecule has 3 heterocycles. The van der Waals surface area contributed by atoms with E-state index in [0.29, 0.717) is 0 Å². The summed E-state index contributed by atoms with van der Waals surface area (Å²) in [6.07, 6.45) is 1.85. The van der Waals surface area contributed by atoms with Gasteiger partial charge in [-0.2, -0.15) is 12.1 Å². The number of para-hydroxylation sites is 2. The molecule has 0 spiro atoms. The normalized spacial score (nSPS) is 11.9. The van der Waals surface area contributed by atoms with E-state index in [4.69, 9.17) is 4.98 Å². The molecule has 6 heteroatoms. The van der Waals surface area contributed by atoms with Gasteiger partial charge in [-0.1, -0.05) is 160 Å². The van der Waals surface area contributed by atoms with E-state index in [1.807, 2.05) is 18.3 Å². The fourth-order valence-electron chi connectivity index (χ4n) is 10.0. The largest absolute Gasteiger partial charge is 2.00 e. The first-order valence-electron chi connectivity index (χ1n) is 22.4. The first kappa shape index (κ1) is 41.7. The second kappa shape index (κ2) is 17.1. The monoisotopic (exact) mass is 1040 g/mol. The topological polar surface area (TPSA) is 27.1 Å². The minimum Gasteiger partial charge on any atom is -0.358 e. The van der Waals surface area contributed by atoms with Gasteiger partial charge in [0.2, 0.25) is 5.69 Å². The number of hydrogen-bond acceptors (Lipinski definition) is 2. The SMILES string of the molecule is Cc1cc(C)c(N(c2[c-]c([N+]3=C=[N+](c4c(-c5ccccc5)cccc4-c4ccccc4)c4c3ccc3ccccc43)ccc2)c2[c-]c3c(cc2)c2ccccc2n3-c2ccccn2)c(C)c1.[Pt+2]. The standard InChI is InChI=1S/C61H43N5.Pt/c1-41-36-42(2)59(43(3)37-41)65(49-32-33-54-53-26-12-13-29-55(53)66(57(54)39-49)58-30-14-15-35-62-58)48-24-16-23-47(38-48)63-40-64(61-52-25-11-10-22-46(52)31-34-56(61)63)60-50(44-18-6-4-7-19-44)27-17-28-51(60)45-20-8-5-9-21-45;/h4-37H,1-3H3;/q;+2. The molecule has 0 aliphatic carbocycles. The van der Waals surface area contributed by atoms with E-state index in [1.165, 1.54) is 16.7 Å². The third kappa shape index (κ3) is 7.12. The molecule has 1 aliphatic rings. The first-order chi connectivity index (χ1) is 32.5. The Bertz CT molecular complexity index is 3690. The molecule has 0 fully saturated rings. The van der Waals surface area contributed by atoms with Crippen LogP contribution in [-0.4, -0.2) is 15.6 Å². The third-order valence-corrected chi connectivity index (χ3v) is 12.8. The first-order valence-corrected chi connectivity index (χ1v) is 22.4. The molecule has 9 aromatic carbocycles. The van der Waals surface area contributed by atoms with Gasteiger partial charge in [-0.05, 0) is 101 Å². The molecule has 0 atom stereocenters. The number of pyridine rings is 1. The van der Waals surface area contributed by atoms with E-state index >= 15 is 0 Å². The van der Waals surface area contributed by atoms with Gasteiger partial charge in [0, 0.05) is 23.5 Å². The maximum Gasteiger partial charge on any atom is 2.00 e. The van der Waals surface area contributed by atoms with Crippen LogP contribution in [0.15, 0.2) is 206 Å². The number of nitrogens with zero attached hydrogens (tertiary/aromatic N) is 5. The van der Waals surface area contributed by atoms with Gasteiger partial charge in [-0.3, -0.25) is 0 Å². The zero-order valence-electron chi connectivity index (χ0n) is 37.2. The number of benzene rings is 9. The molecule has 0 amide bonds. The Hall–Kier alpha value is -7.94. The zero-order valence-corrected chi connectivity index (χ0v) is 39.5. The van der Waals surface area contributed by atoms with Crippen molar-refractivity contribution in [1.29, 1.82) is 0 Å². The molecule has 320 valence electrons. The molecule has 11 aromatic rings. The molecular weight excluding hydrogens is 998 g/mol. The Kier molecular flexibility index (Phi) is 10.7. The zero-order chi connectivity index (χ0) is 44.3. The van der Waals surface area contributed by atoms with Crippen molar-refractivity contribution in [3.8, 4) is 28.1 Å². The summed E-state index contributed by atoms with van der Waals surface area (Å²) < 4.78 is 6.69. The van der Waals surface area contributed by atoms with Gasteiger partial charge in [-0.25, -0.2) is 4.98 Å². The van der Waals surface area contributed by atoms with Crippen LogP contribution in [0.5, 0.6) is 0 Å². The molecule has 1 aliphatic heterocycles. The molecular formula is C61H43N5Pt+2. The van der Waals surface area contributed by atoms with Crippen molar-refractivity contribution < 1.29 is 21.1 Å². The van der Waals surface area contributed by atoms with Crippen molar-refractivity contribution in [2.45, 2.75) is 20.8 Å². The molecule has 5 nitrogen and oxygen atoms in total. The predicted molar refractivity (Wildman–Crippen MR) is 274 cm³/mol. The Morgan fingerprint density at radius 1 is 0.522 bits per heavy atom. The van der Waals surface area contributed by atoms with E-state index in [-0.39, 0.29) is 21.1 Å². The maximum atomic E-state index is 4.82. The van der Waals surface area contributed by atoms with Gasteiger partial charge in [-0.15, -0.1) is 23.6 Å². The molecule has 12 rings (SSSR count). The van der Waals surface area contributed by atoms with Crippen molar-refractivity contribution in [1.82, 2.24) is 18.7 Å². The van der Waals surface area contributed by atoms with Crippen LogP contribution < -0.4 is 14.1 Å². The van der Waals surface area contributed by atoms with Gasteiger partial charge in [0.1, 0.15) is 11.5 Å². The van der Waals surface area contributed by atoms with E-state index < -0.39 is 0 Å². The molecule has 0 saturated heterocycles. The van der Waals surface area contributed by atoms with E-state index in [2.05, 4.69) is 246 Å². The van der Waals surface area contributed by atoms with Crippen LogP contribution in [0.25, 0.3) is 60.6 Å². The van der Waals surface area contributed by atoms with Crippen LogP contribution in [0, 0.1) is 32.9 Å². The van der Waals surface area contributed by atoms with Crippen molar-refractivity contribution in [2.24, 2.45) is 0 Å². The molecule has 0 unspecified atom stereocenters. The minimum atomic E-state index is 0. The van der Waals surface area contributed by atoms with Crippen LogP contribution >= 0.6 is 0 Å². The Morgan fingerprint density at radius 2 is 1.16 bits per heavy atom. The molecule has 2 aromatic heterocycles. The Balaban J connectivity index is 0.00000494. The van der Waals surface area contributed by atoms with Crippen LogP contribution in [0.4, 0.5) is 39.8 Å². The maximum absolute atomic E-state index is 4.82. The number of aryl methyl sites for hydroxylation is 3. The van der Waals surface area contributed by atoms with Crippen LogP contribution in [0.1, 0.15) is 16.7 Å². The molecule has 0 saturated carbocycles. The summed E-state index contributed by atoms with van der Waals surface area (Å²) in [6.45, 7) is 6.56. The van der Waals surface area contributed by atoms with Crippen molar-refractivity contribution in [3.63, 3.8) is 0 Å². The van der Waals surface area contributed by atoms with Crippen molar-refractivity contribution >= 4 is 78.4 Å². The van der Waals surface area contributed by atoms with Gasteiger partial charge < -0.3 is 9.47 Å². The van der Waals surface area contributed by atoms with Gasteiger partial charge in [0.25, 0.3) is 5.69 Å². The van der Waals surface area contributed by atoms with Crippen molar-refractivity contribution in [2.75, 3.05) is 4.90 Å². The molecule has 0 radical (unpaired) electrons. The Morgan fingerprint density at radius 3 is 1.88 bits per heavy atom. The van der Waals surface area contributed by atoms with Crippen LogP contribution in [0.3, 0.4) is 0 Å². The summed E-state index contributed by atoms with van der Waals surface area (Å²) in [5.41, 5.74) is 17.0. The van der Waals surface area contributed by atoms with Gasteiger partial charge in [0.15, 0.2) is 0 Å². The van der Waals surface area contributed by atoms with E-state index in [9.17, 15) is 0 Å². The second-order valence-electron chi connectivity index (χ2n) is 17.0. The summed E-state index contributed by atoms with van der Waals surface area (Å²) in [6, 6.07) is 82.8. The van der Waals surface area contributed by atoms with Crippen molar-refractivity contribution in [3.05, 3.63) is 235 Å². The van der Waals surface area contributed by atoms with Crippen LogP contribution in [0.2, 0.25) is 0 Å². The average molecular weight is 1040 g/mol. The summed E-state index contributed by atoms with van der Waals surface area (Å²) in [7, 11) is 0. The fourth-order valence-corrected chi connectivity index (χ4v) is 10.0. The average Bonchev–Trinajstić information content (AvgIpc) is 3.92. The summed E-state index contributed by atoms with van der Waals surface area (Å²) in [5.74, 6) is 0.847. The number of hydrogen-bond donors (Lipinski definition) is 0. The fraction of sp³-hybridized carbons (Fsp3) is 0.0492. The number of rotatable bonds is 8. The van der Waals surface area contributed by atoms with Gasteiger partial charge >= 0.3 is 32.8 Å². The van der Waals surface area contributed by atoms with E-state index in [1.54, 1.807) is 0 Å². The molecule has 0 N–H and O–H groups in total. The third-order valence-electron chi connectivity index (χ3n) is 12.8. The second-order valence-corrected chi connectivity index (χ2v) is 17.0. The summed E-state index contributed by atoms with van der Waals surface area (Å²) in [5, 5.41) is 4.57. The number of anilines is 3. The summed E-state index contributed by atoms with van der Waals surface area (Å²) >= 11 is 0. The molecule has 67 heavy (non-hydrogen) atoms. The van der Waals surface area contributed by atoms with Crippen LogP contribution in [-0.2, 0) is 21.1 Å². The quantitative estimate of drug-likeness (QED) is 0.112.